The van der Waals surface area contributed by atoms with Crippen LogP contribution in [0.25, 0.3) is 5.52 Å². The van der Waals surface area contributed by atoms with Crippen molar-refractivity contribution in [2.45, 2.75) is 63.6 Å². The van der Waals surface area contributed by atoms with Crippen LogP contribution in [0.5, 0.6) is 0 Å². The molecule has 1 unspecified atom stereocenters. The molecule has 2 saturated heterocycles. The molecule has 4 rings (SSSR count). The van der Waals surface area contributed by atoms with E-state index in [0.717, 1.165) is 30.6 Å². The Kier molecular flexibility index (Phi) is 4.04. The maximum absolute atomic E-state index is 12.9. The van der Waals surface area contributed by atoms with Gasteiger partial charge in [0.05, 0.1) is 5.52 Å². The standard InChI is InChI=1S/C19H26N4O/c1-3-17-21-18(16-9-4-5-10-23(16)17)19(24)20-13-11-14-7-6-8-15(12-13)22(14)2/h4-5,9-10,13-15H,3,6-8,11-12H2,1-2H3,(H,20,24)/t13?,14-,15+. The Morgan fingerprint density at radius 2 is 2.04 bits per heavy atom. The van der Waals surface area contributed by atoms with Gasteiger partial charge in [-0.2, -0.15) is 0 Å². The molecule has 24 heavy (non-hydrogen) atoms. The zero-order valence-electron chi connectivity index (χ0n) is 14.5. The number of piperidine rings is 2. The number of pyridine rings is 1. The van der Waals surface area contributed by atoms with Gasteiger partial charge in [0.1, 0.15) is 5.82 Å². The third-order valence-corrected chi connectivity index (χ3v) is 5.83. The highest BCUT2D eigenvalue weighted by atomic mass is 16.2. The van der Waals surface area contributed by atoms with E-state index < -0.39 is 0 Å². The van der Waals surface area contributed by atoms with Crippen molar-refractivity contribution < 1.29 is 4.79 Å². The molecular formula is C19H26N4O. The highest BCUT2D eigenvalue weighted by Gasteiger charge is 2.36. The summed E-state index contributed by atoms with van der Waals surface area (Å²) in [4.78, 5) is 20.0. The second kappa shape index (κ2) is 6.20. The summed E-state index contributed by atoms with van der Waals surface area (Å²) in [5, 5.41) is 3.27. The highest BCUT2D eigenvalue weighted by molar-refractivity contribution is 5.99. The van der Waals surface area contributed by atoms with E-state index in [9.17, 15) is 4.79 Å². The van der Waals surface area contributed by atoms with Gasteiger partial charge in [-0.25, -0.2) is 4.98 Å². The van der Waals surface area contributed by atoms with E-state index in [1.807, 2.05) is 28.8 Å². The lowest BCUT2D eigenvalue weighted by Gasteiger charge is -2.47. The molecular weight excluding hydrogens is 300 g/mol. The fourth-order valence-electron chi connectivity index (χ4n) is 4.51. The number of nitrogens with zero attached hydrogens (tertiary/aromatic N) is 3. The Bertz CT molecular complexity index is 739. The molecule has 0 spiro atoms. The van der Waals surface area contributed by atoms with Crippen molar-refractivity contribution in [1.29, 1.82) is 0 Å². The molecule has 4 heterocycles. The van der Waals surface area contributed by atoms with Crippen molar-refractivity contribution in [2.24, 2.45) is 0 Å². The minimum atomic E-state index is -0.0222. The molecule has 0 aliphatic carbocycles. The first-order valence-electron chi connectivity index (χ1n) is 9.16. The summed E-state index contributed by atoms with van der Waals surface area (Å²) in [6, 6.07) is 7.43. The van der Waals surface area contributed by atoms with Crippen LogP contribution < -0.4 is 5.32 Å². The summed E-state index contributed by atoms with van der Waals surface area (Å²) >= 11 is 0. The fourth-order valence-corrected chi connectivity index (χ4v) is 4.51. The number of imidazole rings is 1. The van der Waals surface area contributed by atoms with E-state index in [-0.39, 0.29) is 11.9 Å². The molecule has 2 aliphatic rings. The van der Waals surface area contributed by atoms with Crippen molar-refractivity contribution in [3.8, 4) is 0 Å². The fraction of sp³-hybridized carbons (Fsp3) is 0.579. The highest BCUT2D eigenvalue weighted by Crippen LogP contribution is 2.32. The van der Waals surface area contributed by atoms with Gasteiger partial charge in [0, 0.05) is 30.7 Å². The number of rotatable bonds is 3. The third kappa shape index (κ3) is 2.61. The molecule has 2 aromatic heterocycles. The van der Waals surface area contributed by atoms with Crippen LogP contribution in [-0.2, 0) is 6.42 Å². The number of hydrogen-bond acceptors (Lipinski definition) is 3. The second-order valence-electron chi connectivity index (χ2n) is 7.23. The molecule has 128 valence electrons. The molecule has 0 aromatic carbocycles. The van der Waals surface area contributed by atoms with E-state index in [0.29, 0.717) is 17.8 Å². The lowest BCUT2D eigenvalue weighted by Crippen LogP contribution is -2.55. The van der Waals surface area contributed by atoms with Gasteiger partial charge < -0.3 is 14.6 Å². The summed E-state index contributed by atoms with van der Waals surface area (Å²) in [5.41, 5.74) is 1.47. The van der Waals surface area contributed by atoms with Crippen molar-refractivity contribution in [3.63, 3.8) is 0 Å². The minimum absolute atomic E-state index is 0.0222. The molecule has 2 bridgehead atoms. The summed E-state index contributed by atoms with van der Waals surface area (Å²) in [7, 11) is 2.24. The van der Waals surface area contributed by atoms with E-state index in [1.54, 1.807) is 0 Å². The van der Waals surface area contributed by atoms with Gasteiger partial charge in [0.15, 0.2) is 5.69 Å². The zero-order chi connectivity index (χ0) is 16.7. The Morgan fingerprint density at radius 3 is 2.75 bits per heavy atom. The summed E-state index contributed by atoms with van der Waals surface area (Å²) in [6.45, 7) is 2.07. The number of aryl methyl sites for hydroxylation is 1. The number of carbonyl (C=O) groups excluding carboxylic acids is 1. The van der Waals surface area contributed by atoms with E-state index >= 15 is 0 Å². The number of amides is 1. The molecule has 5 nitrogen and oxygen atoms in total. The molecule has 2 aliphatic heterocycles. The number of aromatic nitrogens is 2. The average molecular weight is 326 g/mol. The van der Waals surface area contributed by atoms with Crippen molar-refractivity contribution in [3.05, 3.63) is 35.9 Å². The van der Waals surface area contributed by atoms with Crippen molar-refractivity contribution in [1.82, 2.24) is 19.6 Å². The van der Waals surface area contributed by atoms with Crippen molar-refractivity contribution >= 4 is 11.4 Å². The minimum Gasteiger partial charge on any atom is -0.348 e. The van der Waals surface area contributed by atoms with Gasteiger partial charge in [-0.3, -0.25) is 4.79 Å². The Balaban J connectivity index is 1.55. The van der Waals surface area contributed by atoms with Crippen LogP contribution >= 0.6 is 0 Å². The molecule has 2 fully saturated rings. The van der Waals surface area contributed by atoms with Gasteiger partial charge in [-0.1, -0.05) is 19.4 Å². The van der Waals surface area contributed by atoms with E-state index in [1.165, 1.54) is 19.3 Å². The first-order valence-corrected chi connectivity index (χ1v) is 9.16. The Hall–Kier alpha value is -1.88. The second-order valence-corrected chi connectivity index (χ2v) is 7.23. The predicted octanol–water partition coefficient (Wildman–Crippen LogP) is 2.64. The van der Waals surface area contributed by atoms with Gasteiger partial charge >= 0.3 is 0 Å². The Labute approximate surface area is 143 Å². The summed E-state index contributed by atoms with van der Waals surface area (Å²) in [6.07, 6.45) is 8.76. The van der Waals surface area contributed by atoms with Gasteiger partial charge in [0.2, 0.25) is 0 Å². The van der Waals surface area contributed by atoms with Gasteiger partial charge in [-0.05, 0) is 44.9 Å². The van der Waals surface area contributed by atoms with Crippen LogP contribution in [-0.4, -0.2) is 45.4 Å². The van der Waals surface area contributed by atoms with Crippen LogP contribution in [0.2, 0.25) is 0 Å². The van der Waals surface area contributed by atoms with E-state index in [4.69, 9.17) is 0 Å². The third-order valence-electron chi connectivity index (χ3n) is 5.83. The first-order chi connectivity index (χ1) is 11.7. The number of nitrogens with one attached hydrogen (secondary N) is 1. The lowest BCUT2D eigenvalue weighted by molar-refractivity contribution is 0.0462. The van der Waals surface area contributed by atoms with Crippen molar-refractivity contribution in [2.75, 3.05) is 7.05 Å². The van der Waals surface area contributed by atoms with Gasteiger partial charge in [0.25, 0.3) is 5.91 Å². The molecule has 5 heteroatoms. The quantitative estimate of drug-likeness (QED) is 0.943. The topological polar surface area (TPSA) is 49.6 Å². The maximum atomic E-state index is 12.9. The Morgan fingerprint density at radius 1 is 1.29 bits per heavy atom. The lowest BCUT2D eigenvalue weighted by atomic mass is 9.82. The molecule has 0 saturated carbocycles. The normalized spacial score (nSPS) is 27.3. The monoisotopic (exact) mass is 326 g/mol. The predicted molar refractivity (Wildman–Crippen MR) is 94.2 cm³/mol. The molecule has 1 amide bonds. The van der Waals surface area contributed by atoms with E-state index in [2.05, 4.69) is 29.2 Å². The van der Waals surface area contributed by atoms with Crippen LogP contribution in [0.3, 0.4) is 0 Å². The zero-order valence-corrected chi connectivity index (χ0v) is 14.5. The van der Waals surface area contributed by atoms with Gasteiger partial charge in [-0.15, -0.1) is 0 Å². The van der Waals surface area contributed by atoms with Crippen LogP contribution in [0, 0.1) is 0 Å². The largest absolute Gasteiger partial charge is 0.348 e. The molecule has 1 N–H and O–H groups in total. The summed E-state index contributed by atoms with van der Waals surface area (Å²) in [5.74, 6) is 0.919. The number of fused-ring (bicyclic) bond motifs is 3. The van der Waals surface area contributed by atoms with Crippen LogP contribution in [0.4, 0.5) is 0 Å². The SMILES string of the molecule is CCc1nc(C(=O)NC2C[C@H]3CCC[C@@H](C2)N3C)c2ccccn12. The summed E-state index contributed by atoms with van der Waals surface area (Å²) < 4.78 is 2.03. The maximum Gasteiger partial charge on any atom is 0.272 e. The molecule has 3 atom stereocenters. The number of carbonyl (C=O) groups is 1. The van der Waals surface area contributed by atoms with Crippen LogP contribution in [0.15, 0.2) is 24.4 Å². The molecule has 0 radical (unpaired) electrons. The number of hydrogen-bond donors (Lipinski definition) is 1. The average Bonchev–Trinajstić information content (AvgIpc) is 2.95. The molecule has 2 aromatic rings. The first kappa shape index (κ1) is 15.6. The smallest absolute Gasteiger partial charge is 0.272 e. The van der Waals surface area contributed by atoms with Crippen LogP contribution in [0.1, 0.15) is 55.3 Å².